The van der Waals surface area contributed by atoms with Crippen molar-refractivity contribution in [2.45, 2.75) is 38.1 Å². The number of halogens is 2. The Labute approximate surface area is 178 Å². The molecule has 5 rings (SSSR count). The fourth-order valence-corrected chi connectivity index (χ4v) is 5.22. The molecule has 1 aliphatic heterocycles. The highest BCUT2D eigenvalue weighted by Crippen LogP contribution is 2.40. The van der Waals surface area contributed by atoms with E-state index in [1.165, 1.54) is 35.8 Å². The van der Waals surface area contributed by atoms with Gasteiger partial charge in [-0.1, -0.05) is 35.6 Å². The number of fused-ring (bicyclic) bond motifs is 1. The number of carbonyl (C=O) groups is 1. The molecular weight excluding hydrogens is 404 g/mol. The van der Waals surface area contributed by atoms with Gasteiger partial charge in [-0.3, -0.25) is 4.79 Å². The van der Waals surface area contributed by atoms with Gasteiger partial charge in [0.05, 0.1) is 11.1 Å². The Morgan fingerprint density at radius 3 is 2.63 bits per heavy atom. The van der Waals surface area contributed by atoms with E-state index in [-0.39, 0.29) is 17.5 Å². The van der Waals surface area contributed by atoms with Crippen LogP contribution in [-0.2, 0) is 11.2 Å². The van der Waals surface area contributed by atoms with Crippen molar-refractivity contribution >= 4 is 32.6 Å². The highest BCUT2D eigenvalue weighted by molar-refractivity contribution is 7.22. The Hall–Kier alpha value is -2.54. The predicted molar refractivity (Wildman–Crippen MR) is 115 cm³/mol. The monoisotopic (exact) mass is 427 g/mol. The summed E-state index contributed by atoms with van der Waals surface area (Å²) in [5, 5.41) is 0.670. The van der Waals surface area contributed by atoms with Crippen molar-refractivity contribution < 1.29 is 13.6 Å². The molecule has 0 spiro atoms. The number of amides is 1. The van der Waals surface area contributed by atoms with Crippen molar-refractivity contribution in [2.24, 2.45) is 0 Å². The van der Waals surface area contributed by atoms with E-state index in [2.05, 4.69) is 34.1 Å². The number of anilines is 1. The first-order valence-corrected chi connectivity index (χ1v) is 11.2. The molecule has 2 fully saturated rings. The van der Waals surface area contributed by atoms with Crippen LogP contribution in [0, 0.1) is 11.6 Å². The average Bonchev–Trinajstić information content (AvgIpc) is 3.47. The van der Waals surface area contributed by atoms with Crippen LogP contribution >= 0.6 is 11.3 Å². The lowest BCUT2D eigenvalue weighted by molar-refractivity contribution is -0.132. The summed E-state index contributed by atoms with van der Waals surface area (Å²) in [6.07, 6.45) is 2.95. The summed E-state index contributed by atoms with van der Waals surface area (Å²) in [5.41, 5.74) is 2.63. The topological polar surface area (TPSA) is 36.4 Å². The number of carbonyl (C=O) groups excluding carboxylic acids is 1. The lowest BCUT2D eigenvalue weighted by Crippen LogP contribution is -2.54. The van der Waals surface area contributed by atoms with Crippen molar-refractivity contribution in [1.29, 1.82) is 0 Å². The van der Waals surface area contributed by atoms with Crippen molar-refractivity contribution in [1.82, 2.24) is 9.88 Å². The number of thiazole rings is 1. The predicted octanol–water partition coefficient (Wildman–Crippen LogP) is 4.73. The Morgan fingerprint density at radius 1 is 1.17 bits per heavy atom. The van der Waals surface area contributed by atoms with Gasteiger partial charge in [-0.15, -0.1) is 0 Å². The molecule has 1 atom stereocenters. The van der Waals surface area contributed by atoms with Gasteiger partial charge >= 0.3 is 0 Å². The van der Waals surface area contributed by atoms with Gasteiger partial charge in [0, 0.05) is 31.7 Å². The highest BCUT2D eigenvalue weighted by atomic mass is 32.1. The molecule has 2 aromatic carbocycles. The maximum atomic E-state index is 14.0. The van der Waals surface area contributed by atoms with Crippen LogP contribution in [0.1, 0.15) is 36.8 Å². The van der Waals surface area contributed by atoms with Gasteiger partial charge in [-0.05, 0) is 42.9 Å². The van der Waals surface area contributed by atoms with E-state index in [9.17, 15) is 13.6 Å². The fourth-order valence-electron chi connectivity index (χ4n) is 4.18. The molecule has 2 aliphatic rings. The number of benzene rings is 2. The van der Waals surface area contributed by atoms with Crippen LogP contribution in [0.15, 0.2) is 36.4 Å². The second kappa shape index (κ2) is 7.61. The molecule has 0 N–H and O–H groups in total. The number of aromatic nitrogens is 1. The number of piperazine rings is 1. The van der Waals surface area contributed by atoms with Gasteiger partial charge < -0.3 is 9.80 Å². The molecule has 156 valence electrons. The van der Waals surface area contributed by atoms with Crippen molar-refractivity contribution in [3.8, 4) is 0 Å². The molecule has 1 aliphatic carbocycles. The zero-order valence-electron chi connectivity index (χ0n) is 16.8. The van der Waals surface area contributed by atoms with E-state index in [0.717, 1.165) is 17.5 Å². The molecule has 0 radical (unpaired) electrons. The van der Waals surface area contributed by atoms with Crippen LogP contribution < -0.4 is 4.90 Å². The minimum absolute atomic E-state index is 0.0191. The molecule has 0 bridgehead atoms. The van der Waals surface area contributed by atoms with Crippen molar-refractivity contribution in [3.63, 3.8) is 0 Å². The number of hydrogen-bond donors (Lipinski definition) is 0. The molecule has 4 nitrogen and oxygen atoms in total. The number of rotatable bonds is 4. The van der Waals surface area contributed by atoms with Crippen LogP contribution in [0.3, 0.4) is 0 Å². The maximum absolute atomic E-state index is 14.0. The van der Waals surface area contributed by atoms with Gasteiger partial charge in [-0.2, -0.15) is 0 Å². The summed E-state index contributed by atoms with van der Waals surface area (Å²) in [6, 6.07) is 10.6. The van der Waals surface area contributed by atoms with Gasteiger partial charge in [0.25, 0.3) is 0 Å². The molecule has 1 saturated heterocycles. The second-order valence-corrected chi connectivity index (χ2v) is 9.31. The summed E-state index contributed by atoms with van der Waals surface area (Å²) >= 11 is 1.29. The van der Waals surface area contributed by atoms with Crippen LogP contribution in [0.25, 0.3) is 10.2 Å². The summed E-state index contributed by atoms with van der Waals surface area (Å²) in [6.45, 7) is 3.86. The van der Waals surface area contributed by atoms with E-state index >= 15 is 0 Å². The molecule has 7 heteroatoms. The first-order chi connectivity index (χ1) is 14.5. The van der Waals surface area contributed by atoms with Crippen LogP contribution in [0.4, 0.5) is 13.9 Å². The third-order valence-corrected chi connectivity index (χ3v) is 7.07. The maximum Gasteiger partial charge on any atom is 0.227 e. The fraction of sp³-hybridized carbons (Fsp3) is 0.391. The third-order valence-electron chi connectivity index (χ3n) is 6.00. The largest absolute Gasteiger partial charge is 0.344 e. The zero-order valence-corrected chi connectivity index (χ0v) is 17.6. The van der Waals surface area contributed by atoms with Crippen molar-refractivity contribution in [2.75, 3.05) is 24.5 Å². The van der Waals surface area contributed by atoms with Crippen LogP contribution in [0.5, 0.6) is 0 Å². The van der Waals surface area contributed by atoms with Gasteiger partial charge in [0.2, 0.25) is 5.91 Å². The highest BCUT2D eigenvalue weighted by Gasteiger charge is 2.29. The Kier molecular flexibility index (Phi) is 4.93. The average molecular weight is 428 g/mol. The summed E-state index contributed by atoms with van der Waals surface area (Å²) in [5.74, 6) is -0.389. The zero-order chi connectivity index (χ0) is 20.8. The molecule has 1 amide bonds. The van der Waals surface area contributed by atoms with Gasteiger partial charge in [-0.25, -0.2) is 13.8 Å². The minimum Gasteiger partial charge on any atom is -0.344 e. The quantitative estimate of drug-likeness (QED) is 0.604. The SMILES string of the molecule is CC1CN(c2nc3c(F)cc(F)cc3s2)CCN1C(=O)Cc1ccc(C2CC2)cc1. The van der Waals surface area contributed by atoms with E-state index in [1.807, 2.05) is 11.8 Å². The van der Waals surface area contributed by atoms with E-state index in [4.69, 9.17) is 0 Å². The molecule has 1 unspecified atom stereocenters. The van der Waals surface area contributed by atoms with E-state index in [1.54, 1.807) is 0 Å². The lowest BCUT2D eigenvalue weighted by atomic mass is 10.0. The van der Waals surface area contributed by atoms with E-state index in [0.29, 0.717) is 35.9 Å². The number of hydrogen-bond acceptors (Lipinski definition) is 4. The lowest BCUT2D eigenvalue weighted by Gasteiger charge is -2.39. The smallest absolute Gasteiger partial charge is 0.227 e. The molecular formula is C23H23F2N3OS. The van der Waals surface area contributed by atoms with E-state index < -0.39 is 11.6 Å². The van der Waals surface area contributed by atoms with Crippen molar-refractivity contribution in [3.05, 3.63) is 59.2 Å². The molecule has 1 saturated carbocycles. The molecule has 30 heavy (non-hydrogen) atoms. The van der Waals surface area contributed by atoms with Crippen LogP contribution in [0.2, 0.25) is 0 Å². The summed E-state index contributed by atoms with van der Waals surface area (Å²) in [4.78, 5) is 21.2. The third kappa shape index (κ3) is 3.78. The standard InChI is InChI=1S/C23H23F2N3OS/c1-14-13-27(23-26-22-19(25)11-18(24)12-20(22)30-23)8-9-28(14)21(29)10-15-2-4-16(5-3-15)17-6-7-17/h2-5,11-12,14,17H,6-10,13H2,1H3. The molecule has 2 heterocycles. The summed E-state index contributed by atoms with van der Waals surface area (Å²) < 4.78 is 28.0. The Bertz CT molecular complexity index is 1090. The normalized spacial score (nSPS) is 19.5. The molecule has 1 aromatic heterocycles. The Morgan fingerprint density at radius 2 is 1.93 bits per heavy atom. The first kappa shape index (κ1) is 19.4. The molecule has 3 aromatic rings. The Balaban J connectivity index is 1.25. The first-order valence-electron chi connectivity index (χ1n) is 10.4. The summed E-state index contributed by atoms with van der Waals surface area (Å²) in [7, 11) is 0. The second-order valence-electron chi connectivity index (χ2n) is 8.31. The minimum atomic E-state index is -0.637. The van der Waals surface area contributed by atoms with Gasteiger partial charge in [0.15, 0.2) is 10.9 Å². The van der Waals surface area contributed by atoms with Crippen LogP contribution in [-0.4, -0.2) is 41.5 Å². The number of nitrogens with zero attached hydrogens (tertiary/aromatic N) is 3. The van der Waals surface area contributed by atoms with Gasteiger partial charge in [0.1, 0.15) is 11.3 Å².